The Morgan fingerprint density at radius 3 is 3.08 bits per heavy atom. The molecule has 1 aliphatic carbocycles. The van der Waals surface area contributed by atoms with Crippen LogP contribution >= 0.6 is 11.6 Å². The van der Waals surface area contributed by atoms with E-state index in [9.17, 15) is 4.79 Å². The van der Waals surface area contributed by atoms with Crippen molar-refractivity contribution in [1.82, 2.24) is 5.32 Å². The van der Waals surface area contributed by atoms with E-state index in [4.69, 9.17) is 16.7 Å². The zero-order valence-corrected chi connectivity index (χ0v) is 7.77. The summed E-state index contributed by atoms with van der Waals surface area (Å²) in [5, 5.41) is 11.8. The average molecular weight is 200 g/mol. The van der Waals surface area contributed by atoms with Crippen LogP contribution in [0.5, 0.6) is 0 Å². The maximum Gasteiger partial charge on any atom is 0.335 e. The summed E-state index contributed by atoms with van der Waals surface area (Å²) in [5.41, 5.74) is 1.80. The van der Waals surface area contributed by atoms with Crippen LogP contribution in [0.25, 0.3) is 0 Å². The fraction of sp³-hybridized carbons (Fsp3) is 0.444. The molecule has 1 saturated carbocycles. The van der Waals surface area contributed by atoms with Crippen LogP contribution in [-0.4, -0.2) is 16.6 Å². The minimum atomic E-state index is -0.907. The Labute approximate surface area is 81.1 Å². The standard InChI is InChI=1S/C9H10ClNO2/c10-8-7(9(12)13)6-3-1-2-5(6)4-11-8/h4,8,11H,1-3H2,(H,12,13). The van der Waals surface area contributed by atoms with Crippen LogP contribution in [-0.2, 0) is 4.79 Å². The lowest BCUT2D eigenvalue weighted by molar-refractivity contribution is -0.132. The molecule has 0 amide bonds. The van der Waals surface area contributed by atoms with Crippen LogP contribution in [0.15, 0.2) is 22.9 Å². The van der Waals surface area contributed by atoms with Crippen molar-refractivity contribution in [3.05, 3.63) is 22.9 Å². The second-order valence-electron chi connectivity index (χ2n) is 3.25. The van der Waals surface area contributed by atoms with E-state index in [2.05, 4.69) is 5.32 Å². The van der Waals surface area contributed by atoms with Gasteiger partial charge in [0, 0.05) is 6.20 Å². The number of dihydropyridines is 1. The highest BCUT2D eigenvalue weighted by Gasteiger charge is 2.29. The van der Waals surface area contributed by atoms with Gasteiger partial charge in [-0.1, -0.05) is 11.6 Å². The van der Waals surface area contributed by atoms with Crippen molar-refractivity contribution < 1.29 is 9.90 Å². The lowest BCUT2D eigenvalue weighted by atomic mass is 10.0. The third-order valence-electron chi connectivity index (χ3n) is 2.47. The largest absolute Gasteiger partial charge is 0.478 e. The number of nitrogens with one attached hydrogen (secondary N) is 1. The van der Waals surface area contributed by atoms with Crippen LogP contribution in [0, 0.1) is 0 Å². The normalized spacial score (nSPS) is 26.5. The molecule has 0 spiro atoms. The molecule has 0 bridgehead atoms. The van der Waals surface area contributed by atoms with Crippen LogP contribution in [0.1, 0.15) is 19.3 Å². The molecule has 2 aliphatic rings. The number of allylic oxidation sites excluding steroid dienone is 2. The molecule has 0 aromatic carbocycles. The maximum atomic E-state index is 10.9. The van der Waals surface area contributed by atoms with Crippen LogP contribution in [0.3, 0.4) is 0 Å². The summed E-state index contributed by atoms with van der Waals surface area (Å²) in [6.07, 6.45) is 4.68. The van der Waals surface area contributed by atoms with Crippen molar-refractivity contribution in [3.63, 3.8) is 0 Å². The van der Waals surface area contributed by atoms with E-state index in [-0.39, 0.29) is 0 Å². The number of fused-ring (bicyclic) bond motifs is 1. The number of carboxylic acids is 1. The summed E-state index contributed by atoms with van der Waals surface area (Å²) in [6.45, 7) is 0. The number of hydrogen-bond donors (Lipinski definition) is 2. The minimum absolute atomic E-state index is 0.330. The van der Waals surface area contributed by atoms with E-state index in [1.165, 1.54) is 0 Å². The number of carboxylic acid groups (broad SMARTS) is 1. The number of rotatable bonds is 1. The summed E-state index contributed by atoms with van der Waals surface area (Å²) in [7, 11) is 0. The zero-order chi connectivity index (χ0) is 9.42. The van der Waals surface area contributed by atoms with Crippen LogP contribution < -0.4 is 5.32 Å². The third kappa shape index (κ3) is 1.33. The first-order valence-corrected chi connectivity index (χ1v) is 4.69. The van der Waals surface area contributed by atoms with E-state index in [1.807, 2.05) is 6.20 Å². The molecular formula is C9H10ClNO2. The number of alkyl halides is 1. The molecular weight excluding hydrogens is 190 g/mol. The molecule has 0 radical (unpaired) electrons. The highest BCUT2D eigenvalue weighted by atomic mass is 35.5. The van der Waals surface area contributed by atoms with Gasteiger partial charge in [0.1, 0.15) is 5.50 Å². The van der Waals surface area contributed by atoms with E-state index >= 15 is 0 Å². The van der Waals surface area contributed by atoms with E-state index in [0.717, 1.165) is 30.4 Å². The summed E-state index contributed by atoms with van der Waals surface area (Å²) >= 11 is 5.85. The molecule has 0 saturated heterocycles. The lowest BCUT2D eigenvalue weighted by Gasteiger charge is -2.20. The first kappa shape index (κ1) is 8.63. The molecule has 1 fully saturated rings. The molecule has 13 heavy (non-hydrogen) atoms. The van der Waals surface area contributed by atoms with Crippen molar-refractivity contribution in [1.29, 1.82) is 0 Å². The van der Waals surface area contributed by atoms with Crippen LogP contribution in [0.4, 0.5) is 0 Å². The van der Waals surface area contributed by atoms with Gasteiger partial charge in [0.2, 0.25) is 0 Å². The lowest BCUT2D eigenvalue weighted by Crippen LogP contribution is -2.29. The predicted octanol–water partition coefficient (Wildman–Crippen LogP) is 1.60. The zero-order valence-electron chi connectivity index (χ0n) is 7.01. The van der Waals surface area contributed by atoms with Crippen molar-refractivity contribution in [2.24, 2.45) is 0 Å². The molecule has 1 unspecified atom stereocenters. The average Bonchev–Trinajstić information content (AvgIpc) is 2.50. The van der Waals surface area contributed by atoms with Crippen molar-refractivity contribution in [2.45, 2.75) is 24.8 Å². The predicted molar refractivity (Wildman–Crippen MR) is 49.4 cm³/mol. The van der Waals surface area contributed by atoms with Gasteiger partial charge in [0.15, 0.2) is 0 Å². The van der Waals surface area contributed by atoms with Crippen LogP contribution in [0.2, 0.25) is 0 Å². The van der Waals surface area contributed by atoms with Crippen molar-refractivity contribution in [2.75, 3.05) is 0 Å². The Kier molecular flexibility index (Phi) is 2.04. The first-order valence-electron chi connectivity index (χ1n) is 4.26. The molecule has 4 heteroatoms. The Balaban J connectivity index is 2.46. The monoisotopic (exact) mass is 199 g/mol. The number of carbonyl (C=O) groups is 1. The number of aliphatic carboxylic acids is 1. The quantitative estimate of drug-likeness (QED) is 0.498. The van der Waals surface area contributed by atoms with Gasteiger partial charge < -0.3 is 10.4 Å². The molecule has 1 heterocycles. The van der Waals surface area contributed by atoms with Gasteiger partial charge in [-0.2, -0.15) is 0 Å². The number of hydrogen-bond acceptors (Lipinski definition) is 2. The highest BCUT2D eigenvalue weighted by Crippen LogP contribution is 2.36. The molecule has 70 valence electrons. The smallest absolute Gasteiger partial charge is 0.335 e. The molecule has 3 nitrogen and oxygen atoms in total. The molecule has 2 N–H and O–H groups in total. The van der Waals surface area contributed by atoms with Gasteiger partial charge in [-0.25, -0.2) is 4.79 Å². The summed E-state index contributed by atoms with van der Waals surface area (Å²) in [5.74, 6) is -0.907. The molecule has 1 aliphatic heterocycles. The third-order valence-corrected chi connectivity index (χ3v) is 2.82. The molecule has 2 rings (SSSR count). The topological polar surface area (TPSA) is 49.3 Å². The maximum absolute atomic E-state index is 10.9. The molecule has 0 aromatic rings. The van der Waals surface area contributed by atoms with E-state index in [0.29, 0.717) is 5.57 Å². The Morgan fingerprint density at radius 1 is 1.62 bits per heavy atom. The first-order chi connectivity index (χ1) is 6.20. The summed E-state index contributed by atoms with van der Waals surface area (Å²) in [4.78, 5) is 10.9. The van der Waals surface area contributed by atoms with Gasteiger partial charge in [-0.15, -0.1) is 0 Å². The highest BCUT2D eigenvalue weighted by molar-refractivity contribution is 6.25. The Morgan fingerprint density at radius 2 is 2.38 bits per heavy atom. The van der Waals surface area contributed by atoms with Crippen molar-refractivity contribution in [3.8, 4) is 0 Å². The van der Waals surface area contributed by atoms with Gasteiger partial charge in [-0.3, -0.25) is 0 Å². The van der Waals surface area contributed by atoms with Crippen molar-refractivity contribution >= 4 is 17.6 Å². The second kappa shape index (κ2) is 3.07. The van der Waals surface area contributed by atoms with Gasteiger partial charge in [0.05, 0.1) is 5.57 Å². The van der Waals surface area contributed by atoms with Gasteiger partial charge in [0.25, 0.3) is 0 Å². The Bertz CT molecular complexity index is 320. The van der Waals surface area contributed by atoms with E-state index in [1.54, 1.807) is 0 Å². The van der Waals surface area contributed by atoms with Gasteiger partial charge in [-0.05, 0) is 30.4 Å². The Hall–Kier alpha value is -0.960. The summed E-state index contributed by atoms with van der Waals surface area (Å²) < 4.78 is 0. The fourth-order valence-corrected chi connectivity index (χ4v) is 2.17. The fourth-order valence-electron chi connectivity index (χ4n) is 1.88. The molecule has 0 aromatic heterocycles. The van der Waals surface area contributed by atoms with Gasteiger partial charge >= 0.3 is 5.97 Å². The number of halogens is 1. The second-order valence-corrected chi connectivity index (χ2v) is 3.69. The van der Waals surface area contributed by atoms with E-state index < -0.39 is 11.5 Å². The summed E-state index contributed by atoms with van der Waals surface area (Å²) in [6, 6.07) is 0. The SMILES string of the molecule is O=C(O)C1=C2CCCC2=CNC1Cl. The minimum Gasteiger partial charge on any atom is -0.478 e. The molecule has 1 atom stereocenters.